The summed E-state index contributed by atoms with van der Waals surface area (Å²) in [5.41, 5.74) is 3.53. The van der Waals surface area contributed by atoms with Crippen LogP contribution in [0.1, 0.15) is 72.1 Å². The highest BCUT2D eigenvalue weighted by Crippen LogP contribution is 2.59. The Bertz CT molecular complexity index is 806. The van der Waals surface area contributed by atoms with E-state index in [1.54, 1.807) is 5.57 Å². The summed E-state index contributed by atoms with van der Waals surface area (Å²) in [7, 11) is 0. The van der Waals surface area contributed by atoms with Gasteiger partial charge in [-0.2, -0.15) is 0 Å². The zero-order valence-corrected chi connectivity index (χ0v) is 18.9. The summed E-state index contributed by atoms with van der Waals surface area (Å²) in [6, 6.07) is 0. The zero-order valence-electron chi connectivity index (χ0n) is 18.9. The van der Waals surface area contributed by atoms with Crippen LogP contribution in [0.5, 0.6) is 0 Å². The fourth-order valence-electron chi connectivity index (χ4n) is 6.40. The lowest BCUT2D eigenvalue weighted by Gasteiger charge is -2.44. The molecule has 4 fully saturated rings. The van der Waals surface area contributed by atoms with E-state index in [9.17, 15) is 10.2 Å². The molecule has 0 spiro atoms. The van der Waals surface area contributed by atoms with Gasteiger partial charge < -0.3 is 14.9 Å². The number of allylic oxidation sites excluding steroid dienone is 3. The molecule has 0 aromatic rings. The maximum absolute atomic E-state index is 10.1. The molecule has 1 heterocycles. The Morgan fingerprint density at radius 2 is 2.03 bits per heavy atom. The number of epoxide rings is 1. The first-order valence-corrected chi connectivity index (χ1v) is 11.8. The summed E-state index contributed by atoms with van der Waals surface area (Å²) in [6.45, 7) is 11.8. The normalized spacial score (nSPS) is 44.5. The number of aliphatic hydroxyl groups is 2. The Balaban J connectivity index is 1.48. The van der Waals surface area contributed by atoms with Crippen molar-refractivity contribution in [1.29, 1.82) is 0 Å². The summed E-state index contributed by atoms with van der Waals surface area (Å²) in [5, 5.41) is 20.2. The summed E-state index contributed by atoms with van der Waals surface area (Å²) < 4.78 is 5.40. The molecule has 0 aromatic heterocycles. The molecule has 1 saturated heterocycles. The second-order valence-corrected chi connectivity index (χ2v) is 10.7. The minimum Gasteiger partial charge on any atom is -0.393 e. The quantitative estimate of drug-likeness (QED) is 0.511. The molecule has 4 rings (SSSR count). The SMILES string of the molecule is C=C1/C(=C/C=C2\CCC[C@]3(C)[C@@H]([C@@H](C)CC#CC4(C)CO4)CC[C@@H]23)C[C@@H](O)C[C@@H]1O. The molecule has 0 amide bonds. The molecule has 1 unspecified atom stereocenters. The fraction of sp³-hybridized carbons (Fsp3) is 0.704. The first-order chi connectivity index (χ1) is 14.2. The number of rotatable bonds is 3. The van der Waals surface area contributed by atoms with Gasteiger partial charge in [-0.3, -0.25) is 0 Å². The molecule has 1 aliphatic heterocycles. The van der Waals surface area contributed by atoms with Crippen LogP contribution < -0.4 is 0 Å². The molecule has 3 aliphatic carbocycles. The summed E-state index contributed by atoms with van der Waals surface area (Å²) in [6.07, 6.45) is 11.6. The van der Waals surface area contributed by atoms with Crippen LogP contribution in [0.3, 0.4) is 0 Å². The largest absolute Gasteiger partial charge is 0.393 e. The molecule has 4 aliphatic rings. The third-order valence-electron chi connectivity index (χ3n) is 8.34. The van der Waals surface area contributed by atoms with Crippen molar-refractivity contribution in [3.63, 3.8) is 0 Å². The van der Waals surface area contributed by atoms with Gasteiger partial charge in [0.15, 0.2) is 0 Å². The molecule has 30 heavy (non-hydrogen) atoms. The van der Waals surface area contributed by atoms with E-state index >= 15 is 0 Å². The van der Waals surface area contributed by atoms with E-state index < -0.39 is 12.2 Å². The lowest BCUT2D eigenvalue weighted by Crippen LogP contribution is -2.35. The van der Waals surface area contributed by atoms with Crippen LogP contribution in [0.15, 0.2) is 35.5 Å². The molecule has 3 heteroatoms. The van der Waals surface area contributed by atoms with Gasteiger partial charge in [0, 0.05) is 12.8 Å². The molecule has 3 nitrogen and oxygen atoms in total. The standard InChI is InChI=1S/C27H38O3/c1-18(7-5-13-26(3)17-30-26)23-11-12-24-20(8-6-14-27(23,24)4)9-10-21-15-22(28)16-25(29)19(21)2/h9-10,18,22-25,28-29H,2,6-8,11-12,14-17H2,1,3-4H3/b20-9+,21-10+/t18-,22+,23+,24-,25-,26?,27+/m0/s1. The lowest BCUT2D eigenvalue weighted by atomic mass is 9.61. The predicted octanol–water partition coefficient (Wildman–Crippen LogP) is 4.95. The molecule has 7 atom stereocenters. The van der Waals surface area contributed by atoms with Gasteiger partial charge in [0.05, 0.1) is 18.8 Å². The van der Waals surface area contributed by atoms with Crippen LogP contribution in [-0.4, -0.2) is 34.6 Å². The van der Waals surface area contributed by atoms with Gasteiger partial charge in [-0.05, 0) is 79.8 Å². The van der Waals surface area contributed by atoms with E-state index in [2.05, 4.69) is 51.3 Å². The van der Waals surface area contributed by atoms with Gasteiger partial charge in [0.2, 0.25) is 0 Å². The van der Waals surface area contributed by atoms with Crippen molar-refractivity contribution >= 4 is 0 Å². The number of hydrogen-bond donors (Lipinski definition) is 2. The second-order valence-electron chi connectivity index (χ2n) is 10.7. The number of fused-ring (bicyclic) bond motifs is 1. The van der Waals surface area contributed by atoms with Crippen LogP contribution in [-0.2, 0) is 4.74 Å². The van der Waals surface area contributed by atoms with Crippen molar-refractivity contribution < 1.29 is 14.9 Å². The third kappa shape index (κ3) is 4.33. The van der Waals surface area contributed by atoms with Crippen molar-refractivity contribution in [3.05, 3.63) is 35.5 Å². The van der Waals surface area contributed by atoms with E-state index in [1.807, 2.05) is 0 Å². The van der Waals surface area contributed by atoms with Crippen LogP contribution in [0.4, 0.5) is 0 Å². The van der Waals surface area contributed by atoms with Gasteiger partial charge in [-0.25, -0.2) is 0 Å². The highest BCUT2D eigenvalue weighted by molar-refractivity contribution is 5.38. The average Bonchev–Trinajstić information content (AvgIpc) is 3.30. The smallest absolute Gasteiger partial charge is 0.149 e. The summed E-state index contributed by atoms with van der Waals surface area (Å²) in [5.74, 6) is 8.68. The lowest BCUT2D eigenvalue weighted by molar-refractivity contribution is 0.0862. The van der Waals surface area contributed by atoms with Gasteiger partial charge in [-0.15, -0.1) is 0 Å². The van der Waals surface area contributed by atoms with Gasteiger partial charge in [0.1, 0.15) is 5.60 Å². The van der Waals surface area contributed by atoms with Crippen molar-refractivity contribution in [2.24, 2.45) is 23.2 Å². The highest BCUT2D eigenvalue weighted by atomic mass is 16.6. The topological polar surface area (TPSA) is 53.0 Å². The Labute approximate surface area is 182 Å². The average molecular weight is 411 g/mol. The van der Waals surface area contributed by atoms with E-state index in [0.717, 1.165) is 36.5 Å². The van der Waals surface area contributed by atoms with Crippen LogP contribution in [0, 0.1) is 35.0 Å². The van der Waals surface area contributed by atoms with Crippen LogP contribution in [0.25, 0.3) is 0 Å². The van der Waals surface area contributed by atoms with Crippen molar-refractivity contribution in [3.8, 4) is 11.8 Å². The summed E-state index contributed by atoms with van der Waals surface area (Å²) >= 11 is 0. The second kappa shape index (κ2) is 8.30. The monoisotopic (exact) mass is 410 g/mol. The maximum atomic E-state index is 10.1. The van der Waals surface area contributed by atoms with E-state index in [1.165, 1.54) is 25.7 Å². The number of aliphatic hydroxyl groups excluding tert-OH is 2. The first kappa shape index (κ1) is 21.9. The van der Waals surface area contributed by atoms with Crippen molar-refractivity contribution in [1.82, 2.24) is 0 Å². The molecular formula is C27H38O3. The number of hydrogen-bond acceptors (Lipinski definition) is 3. The Morgan fingerprint density at radius 3 is 2.77 bits per heavy atom. The van der Waals surface area contributed by atoms with Crippen molar-refractivity contribution in [2.75, 3.05) is 6.61 Å². The molecular weight excluding hydrogens is 372 g/mol. The first-order valence-electron chi connectivity index (χ1n) is 11.8. The van der Waals surface area contributed by atoms with Crippen LogP contribution >= 0.6 is 0 Å². The van der Waals surface area contributed by atoms with Crippen molar-refractivity contribution in [2.45, 2.75) is 89.9 Å². The minimum atomic E-state index is -0.615. The molecule has 3 saturated carbocycles. The fourth-order valence-corrected chi connectivity index (χ4v) is 6.40. The zero-order chi connectivity index (χ0) is 21.5. The van der Waals surface area contributed by atoms with E-state index in [-0.39, 0.29) is 5.60 Å². The third-order valence-corrected chi connectivity index (χ3v) is 8.34. The Kier molecular flexibility index (Phi) is 6.05. The van der Waals surface area contributed by atoms with E-state index in [4.69, 9.17) is 4.74 Å². The minimum absolute atomic E-state index is 0.166. The molecule has 2 N–H and O–H groups in total. The highest BCUT2D eigenvalue weighted by Gasteiger charge is 2.50. The molecule has 0 bridgehead atoms. The maximum Gasteiger partial charge on any atom is 0.149 e. The van der Waals surface area contributed by atoms with Crippen LogP contribution in [0.2, 0.25) is 0 Å². The summed E-state index contributed by atoms with van der Waals surface area (Å²) in [4.78, 5) is 0. The molecule has 164 valence electrons. The molecule has 0 radical (unpaired) electrons. The predicted molar refractivity (Wildman–Crippen MR) is 121 cm³/mol. The Morgan fingerprint density at radius 1 is 1.27 bits per heavy atom. The van der Waals surface area contributed by atoms with Gasteiger partial charge in [-0.1, -0.05) is 50.0 Å². The van der Waals surface area contributed by atoms with Gasteiger partial charge in [0.25, 0.3) is 0 Å². The van der Waals surface area contributed by atoms with Gasteiger partial charge >= 0.3 is 0 Å². The number of ether oxygens (including phenoxy) is 1. The Hall–Kier alpha value is -1.34. The van der Waals surface area contributed by atoms with E-state index in [0.29, 0.717) is 30.1 Å². The molecule has 0 aromatic carbocycles.